The number of rotatable bonds is 4. The molecule has 0 saturated carbocycles. The molecule has 3 aromatic rings. The minimum absolute atomic E-state index is 0.631. The van der Waals surface area contributed by atoms with Gasteiger partial charge in [-0.15, -0.1) is 0 Å². The minimum atomic E-state index is 0.631. The summed E-state index contributed by atoms with van der Waals surface area (Å²) in [6, 6.07) is 9.93. The molecule has 5 nitrogen and oxygen atoms in total. The molecule has 0 N–H and O–H groups in total. The number of anilines is 2. The van der Waals surface area contributed by atoms with Crippen LogP contribution >= 0.6 is 0 Å². The van der Waals surface area contributed by atoms with Gasteiger partial charge in [-0.1, -0.05) is 0 Å². The summed E-state index contributed by atoms with van der Waals surface area (Å²) >= 11 is 0. The Bertz CT molecular complexity index is 794. The van der Waals surface area contributed by atoms with Crippen LogP contribution in [0.3, 0.4) is 0 Å². The maximum absolute atomic E-state index is 5.66. The van der Waals surface area contributed by atoms with Gasteiger partial charge in [0.15, 0.2) is 0 Å². The second-order valence-electron chi connectivity index (χ2n) is 5.11. The molecule has 0 spiro atoms. The second kappa shape index (κ2) is 5.67. The van der Waals surface area contributed by atoms with E-state index in [1.807, 2.05) is 44.2 Å². The molecule has 3 rings (SSSR count). The predicted molar refractivity (Wildman–Crippen MR) is 87.0 cm³/mol. The summed E-state index contributed by atoms with van der Waals surface area (Å²) in [7, 11) is 1.66. The first-order chi connectivity index (χ1) is 10.6. The van der Waals surface area contributed by atoms with Crippen LogP contribution in [0.15, 0.2) is 34.7 Å². The van der Waals surface area contributed by atoms with Gasteiger partial charge >= 0.3 is 0 Å². The van der Waals surface area contributed by atoms with Crippen LogP contribution in [0.5, 0.6) is 5.75 Å². The monoisotopic (exact) mass is 297 g/mol. The van der Waals surface area contributed by atoms with Crippen LogP contribution in [-0.2, 0) is 0 Å². The smallest absolute Gasteiger partial charge is 0.231 e. The lowest BCUT2D eigenvalue weighted by molar-refractivity contribution is 0.415. The zero-order chi connectivity index (χ0) is 15.7. The van der Waals surface area contributed by atoms with E-state index in [0.29, 0.717) is 11.5 Å². The van der Waals surface area contributed by atoms with Gasteiger partial charge in [0, 0.05) is 12.2 Å². The molecule has 0 atom stereocenters. The Labute approximate surface area is 129 Å². The predicted octanol–water partition coefficient (Wildman–Crippen LogP) is 4.01. The number of benzene rings is 1. The molecule has 2 heterocycles. The SMILES string of the molecule is CCN(c1ccc(OC)cc1)c1nc(C)nc2oc(C)cc12. The number of methoxy groups -OCH3 is 1. The fourth-order valence-corrected chi connectivity index (χ4v) is 2.55. The number of hydrogen-bond donors (Lipinski definition) is 0. The van der Waals surface area contributed by atoms with Gasteiger partial charge < -0.3 is 14.1 Å². The molecule has 0 bridgehead atoms. The van der Waals surface area contributed by atoms with Crippen LogP contribution in [0.25, 0.3) is 11.1 Å². The molecule has 22 heavy (non-hydrogen) atoms. The Morgan fingerprint density at radius 2 is 1.86 bits per heavy atom. The molecular formula is C17H19N3O2. The highest BCUT2D eigenvalue weighted by Crippen LogP contribution is 2.32. The molecule has 0 aliphatic heterocycles. The number of fused-ring (bicyclic) bond motifs is 1. The fourth-order valence-electron chi connectivity index (χ4n) is 2.55. The summed E-state index contributed by atoms with van der Waals surface area (Å²) in [5, 5.41) is 0.931. The van der Waals surface area contributed by atoms with Crippen molar-refractivity contribution in [2.45, 2.75) is 20.8 Å². The third kappa shape index (κ3) is 2.50. The normalized spacial score (nSPS) is 10.9. The average molecular weight is 297 g/mol. The average Bonchev–Trinajstić information content (AvgIpc) is 2.88. The van der Waals surface area contributed by atoms with Crippen molar-refractivity contribution in [3.8, 4) is 5.75 Å². The number of nitrogens with zero attached hydrogens (tertiary/aromatic N) is 3. The molecule has 2 aromatic heterocycles. The van der Waals surface area contributed by atoms with E-state index < -0.39 is 0 Å². The summed E-state index contributed by atoms with van der Waals surface area (Å²) in [6.07, 6.45) is 0. The maximum Gasteiger partial charge on any atom is 0.231 e. The van der Waals surface area contributed by atoms with Crippen LogP contribution in [0, 0.1) is 13.8 Å². The Hall–Kier alpha value is -2.56. The van der Waals surface area contributed by atoms with Crippen molar-refractivity contribution in [3.63, 3.8) is 0 Å². The number of furan rings is 1. The van der Waals surface area contributed by atoms with Gasteiger partial charge in [-0.3, -0.25) is 0 Å². The Morgan fingerprint density at radius 1 is 1.14 bits per heavy atom. The van der Waals surface area contributed by atoms with Crippen LogP contribution in [0.1, 0.15) is 18.5 Å². The first-order valence-electron chi connectivity index (χ1n) is 7.28. The number of ether oxygens (including phenoxy) is 1. The zero-order valence-electron chi connectivity index (χ0n) is 13.3. The van der Waals surface area contributed by atoms with E-state index in [9.17, 15) is 0 Å². The van der Waals surface area contributed by atoms with Crippen molar-refractivity contribution < 1.29 is 9.15 Å². The Balaban J connectivity index is 2.13. The summed E-state index contributed by atoms with van der Waals surface area (Å²) < 4.78 is 10.9. The Kier molecular flexibility index (Phi) is 3.71. The van der Waals surface area contributed by atoms with Crippen molar-refractivity contribution >= 4 is 22.6 Å². The highest BCUT2D eigenvalue weighted by atomic mass is 16.5. The lowest BCUT2D eigenvalue weighted by atomic mass is 10.2. The third-order valence-electron chi connectivity index (χ3n) is 3.56. The van der Waals surface area contributed by atoms with E-state index in [0.717, 1.165) is 34.9 Å². The van der Waals surface area contributed by atoms with Crippen LogP contribution < -0.4 is 9.64 Å². The van der Waals surface area contributed by atoms with Gasteiger partial charge in [-0.25, -0.2) is 4.98 Å². The van der Waals surface area contributed by atoms with E-state index in [-0.39, 0.29) is 0 Å². The highest BCUT2D eigenvalue weighted by Gasteiger charge is 2.17. The molecule has 1 aromatic carbocycles. The molecule has 0 saturated heterocycles. The molecule has 0 aliphatic rings. The van der Waals surface area contributed by atoms with Gasteiger partial charge in [0.1, 0.15) is 23.2 Å². The molecule has 0 aliphatic carbocycles. The van der Waals surface area contributed by atoms with E-state index in [4.69, 9.17) is 9.15 Å². The summed E-state index contributed by atoms with van der Waals surface area (Å²) in [4.78, 5) is 11.1. The molecule has 0 unspecified atom stereocenters. The molecule has 114 valence electrons. The van der Waals surface area contributed by atoms with E-state index in [1.54, 1.807) is 7.11 Å². The zero-order valence-corrected chi connectivity index (χ0v) is 13.3. The summed E-state index contributed by atoms with van der Waals surface area (Å²) in [6.45, 7) is 6.69. The highest BCUT2D eigenvalue weighted by molar-refractivity contribution is 5.89. The van der Waals surface area contributed by atoms with Crippen molar-refractivity contribution in [2.75, 3.05) is 18.6 Å². The summed E-state index contributed by atoms with van der Waals surface area (Å²) in [5.74, 6) is 3.24. The Morgan fingerprint density at radius 3 is 2.50 bits per heavy atom. The molecule has 0 fully saturated rings. The fraction of sp³-hybridized carbons (Fsp3) is 0.294. The maximum atomic E-state index is 5.66. The number of hydrogen-bond acceptors (Lipinski definition) is 5. The number of aryl methyl sites for hydroxylation is 2. The van der Waals surface area contributed by atoms with Gasteiger partial charge in [0.05, 0.1) is 12.5 Å². The quantitative estimate of drug-likeness (QED) is 0.728. The van der Waals surface area contributed by atoms with Gasteiger partial charge in [-0.05, 0) is 51.1 Å². The van der Waals surface area contributed by atoms with Crippen molar-refractivity contribution in [3.05, 3.63) is 41.9 Å². The van der Waals surface area contributed by atoms with Gasteiger partial charge in [-0.2, -0.15) is 4.98 Å². The molecule has 5 heteroatoms. The first-order valence-corrected chi connectivity index (χ1v) is 7.28. The van der Waals surface area contributed by atoms with Crippen molar-refractivity contribution in [2.24, 2.45) is 0 Å². The van der Waals surface area contributed by atoms with E-state index in [2.05, 4.69) is 21.8 Å². The van der Waals surface area contributed by atoms with Crippen molar-refractivity contribution in [1.82, 2.24) is 9.97 Å². The molecule has 0 radical (unpaired) electrons. The second-order valence-corrected chi connectivity index (χ2v) is 5.11. The van der Waals surface area contributed by atoms with Crippen LogP contribution in [-0.4, -0.2) is 23.6 Å². The largest absolute Gasteiger partial charge is 0.497 e. The van der Waals surface area contributed by atoms with Gasteiger partial charge in [0.2, 0.25) is 5.71 Å². The molecular weight excluding hydrogens is 278 g/mol. The van der Waals surface area contributed by atoms with E-state index in [1.165, 1.54) is 0 Å². The lowest BCUT2D eigenvalue weighted by Crippen LogP contribution is -2.18. The minimum Gasteiger partial charge on any atom is -0.497 e. The van der Waals surface area contributed by atoms with Crippen LogP contribution in [0.4, 0.5) is 11.5 Å². The number of aromatic nitrogens is 2. The topological polar surface area (TPSA) is 51.4 Å². The molecule has 0 amide bonds. The first kappa shape index (κ1) is 14.4. The van der Waals surface area contributed by atoms with Crippen molar-refractivity contribution in [1.29, 1.82) is 0 Å². The standard InChI is InChI=1S/C17H19N3O2/c1-5-20(13-6-8-14(21-4)9-7-13)16-15-10-11(2)22-17(15)19-12(3)18-16/h6-10H,5H2,1-4H3. The summed E-state index contributed by atoms with van der Waals surface area (Å²) in [5.41, 5.74) is 1.69. The van der Waals surface area contributed by atoms with Gasteiger partial charge in [0.25, 0.3) is 0 Å². The lowest BCUT2D eigenvalue weighted by Gasteiger charge is -2.23. The van der Waals surface area contributed by atoms with Crippen LogP contribution in [0.2, 0.25) is 0 Å². The third-order valence-corrected chi connectivity index (χ3v) is 3.56. The van der Waals surface area contributed by atoms with E-state index >= 15 is 0 Å².